The molecule has 21 heavy (non-hydrogen) atoms. The molecule has 2 rings (SSSR count). The van der Waals surface area contributed by atoms with Crippen molar-refractivity contribution in [2.24, 2.45) is 0 Å². The van der Waals surface area contributed by atoms with Crippen LogP contribution in [0.1, 0.15) is 9.67 Å². The number of halogens is 2. The zero-order chi connectivity index (χ0) is 15.6. The molecule has 0 unspecified atom stereocenters. The Morgan fingerprint density at radius 2 is 1.86 bits per heavy atom. The molecule has 0 saturated carbocycles. The Morgan fingerprint density at radius 1 is 1.24 bits per heavy atom. The number of carbonyl (C=O) groups is 2. The van der Waals surface area contributed by atoms with E-state index < -0.39 is 0 Å². The van der Waals surface area contributed by atoms with Crippen LogP contribution in [0.5, 0.6) is 0 Å². The zero-order valence-electron chi connectivity index (χ0n) is 11.9. The van der Waals surface area contributed by atoms with Crippen LogP contribution in [-0.2, 0) is 4.79 Å². The Hall–Kier alpha value is -0.440. The fourth-order valence-electron chi connectivity index (χ4n) is 2.05. The third-order valence-electron chi connectivity index (χ3n) is 3.37. The van der Waals surface area contributed by atoms with Gasteiger partial charge in [0.25, 0.3) is 5.91 Å². The summed E-state index contributed by atoms with van der Waals surface area (Å²) in [6.45, 7) is 3.21. The van der Waals surface area contributed by atoms with Gasteiger partial charge in [-0.25, -0.2) is 0 Å². The number of piperazine rings is 1. The van der Waals surface area contributed by atoms with Gasteiger partial charge in [-0.1, -0.05) is 0 Å². The first-order valence-electron chi connectivity index (χ1n) is 6.55. The normalized spacial score (nSPS) is 16.1. The van der Waals surface area contributed by atoms with Crippen LogP contribution in [0, 0.1) is 0 Å². The Labute approximate surface area is 145 Å². The summed E-state index contributed by atoms with van der Waals surface area (Å²) >= 11 is 8.25. The minimum atomic E-state index is 0.0602. The monoisotopic (exact) mass is 437 g/mol. The second kappa shape index (κ2) is 7.21. The van der Waals surface area contributed by atoms with E-state index in [2.05, 4.69) is 36.8 Å². The molecule has 0 aromatic carbocycles. The molecule has 1 aliphatic rings. The first-order chi connectivity index (χ1) is 9.88. The second-order valence-corrected chi connectivity index (χ2v) is 8.31. The van der Waals surface area contributed by atoms with E-state index in [1.165, 1.54) is 11.3 Å². The van der Waals surface area contributed by atoms with Gasteiger partial charge in [-0.15, -0.1) is 11.3 Å². The van der Waals surface area contributed by atoms with Crippen molar-refractivity contribution >= 4 is 55.0 Å². The van der Waals surface area contributed by atoms with Gasteiger partial charge in [0.2, 0.25) is 5.91 Å². The van der Waals surface area contributed by atoms with Crippen molar-refractivity contribution in [3.05, 3.63) is 19.2 Å². The summed E-state index contributed by atoms with van der Waals surface area (Å²) in [4.78, 5) is 30.3. The summed E-state index contributed by atoms with van der Waals surface area (Å²) in [5.74, 6) is 0.158. The van der Waals surface area contributed by atoms with E-state index in [9.17, 15) is 9.59 Å². The molecule has 116 valence electrons. The fourth-order valence-corrected chi connectivity index (χ4v) is 4.05. The summed E-state index contributed by atoms with van der Waals surface area (Å²) < 4.78 is 1.84. The molecule has 0 spiro atoms. The van der Waals surface area contributed by atoms with Crippen LogP contribution >= 0.6 is 43.2 Å². The highest BCUT2D eigenvalue weighted by molar-refractivity contribution is 9.13. The van der Waals surface area contributed by atoms with E-state index in [1.54, 1.807) is 19.0 Å². The van der Waals surface area contributed by atoms with Gasteiger partial charge in [0, 0.05) is 44.7 Å². The molecule has 5 nitrogen and oxygen atoms in total. The van der Waals surface area contributed by atoms with Gasteiger partial charge >= 0.3 is 0 Å². The molecule has 0 N–H and O–H groups in total. The van der Waals surface area contributed by atoms with Crippen LogP contribution < -0.4 is 0 Å². The van der Waals surface area contributed by atoms with Gasteiger partial charge in [-0.2, -0.15) is 0 Å². The van der Waals surface area contributed by atoms with Gasteiger partial charge in [0.05, 0.1) is 15.2 Å². The van der Waals surface area contributed by atoms with Gasteiger partial charge in [-0.05, 0) is 37.9 Å². The highest BCUT2D eigenvalue weighted by atomic mass is 79.9. The van der Waals surface area contributed by atoms with Crippen LogP contribution in [-0.4, -0.2) is 73.3 Å². The molecule has 0 atom stereocenters. The van der Waals surface area contributed by atoms with Crippen molar-refractivity contribution in [3.8, 4) is 0 Å². The van der Waals surface area contributed by atoms with Crippen LogP contribution in [0.25, 0.3) is 0 Å². The summed E-state index contributed by atoms with van der Waals surface area (Å²) in [7, 11) is 3.52. The van der Waals surface area contributed by atoms with E-state index in [0.29, 0.717) is 19.6 Å². The number of nitrogens with zero attached hydrogens (tertiary/aromatic N) is 3. The van der Waals surface area contributed by atoms with Crippen molar-refractivity contribution in [1.82, 2.24) is 14.7 Å². The van der Waals surface area contributed by atoms with Crippen LogP contribution in [0.3, 0.4) is 0 Å². The topological polar surface area (TPSA) is 43.9 Å². The van der Waals surface area contributed by atoms with Crippen LogP contribution in [0.2, 0.25) is 0 Å². The molecule has 1 aliphatic heterocycles. The predicted octanol–water partition coefficient (Wildman–Crippen LogP) is 2.12. The van der Waals surface area contributed by atoms with Gasteiger partial charge < -0.3 is 9.80 Å². The molecule has 0 aliphatic carbocycles. The molecule has 1 saturated heterocycles. The SMILES string of the molecule is CN(C)C(=O)CN1CCN(C(=O)c2cc(Br)c(Br)s2)CC1. The summed E-state index contributed by atoms with van der Waals surface area (Å²) in [5, 5.41) is 0. The Balaban J connectivity index is 1.89. The number of amides is 2. The van der Waals surface area contributed by atoms with Crippen molar-refractivity contribution in [2.45, 2.75) is 0 Å². The minimum absolute atomic E-state index is 0.0602. The standard InChI is InChI=1S/C13H17Br2N3O2S/c1-16(2)11(19)8-17-3-5-18(6-4-17)13(20)10-7-9(14)12(15)21-10/h7H,3-6,8H2,1-2H3. The molecule has 1 fully saturated rings. The molecule has 0 bridgehead atoms. The molecule has 2 heterocycles. The first kappa shape index (κ1) is 16.9. The largest absolute Gasteiger partial charge is 0.348 e. The number of hydrogen-bond acceptors (Lipinski definition) is 4. The van der Waals surface area contributed by atoms with Crippen molar-refractivity contribution in [2.75, 3.05) is 46.8 Å². The zero-order valence-corrected chi connectivity index (χ0v) is 15.9. The average Bonchev–Trinajstić information content (AvgIpc) is 2.78. The quantitative estimate of drug-likeness (QED) is 0.725. The Bertz CT molecular complexity index is 520. The maximum Gasteiger partial charge on any atom is 0.264 e. The minimum Gasteiger partial charge on any atom is -0.348 e. The molecule has 1 aromatic rings. The van der Waals surface area contributed by atoms with E-state index in [1.807, 2.05) is 11.0 Å². The lowest BCUT2D eigenvalue weighted by molar-refractivity contribution is -0.130. The second-order valence-electron chi connectivity index (χ2n) is 5.09. The molecular formula is C13H17Br2N3O2S. The van der Waals surface area contributed by atoms with Crippen molar-refractivity contribution in [3.63, 3.8) is 0 Å². The predicted molar refractivity (Wildman–Crippen MR) is 90.8 cm³/mol. The number of likely N-dealkylation sites (N-methyl/N-ethyl adjacent to an activating group) is 1. The third kappa shape index (κ3) is 4.28. The number of thiophene rings is 1. The summed E-state index contributed by atoms with van der Waals surface area (Å²) in [5.41, 5.74) is 0. The maximum absolute atomic E-state index is 12.4. The van der Waals surface area contributed by atoms with Crippen LogP contribution in [0.15, 0.2) is 14.3 Å². The molecule has 1 aromatic heterocycles. The first-order valence-corrected chi connectivity index (χ1v) is 8.95. The lowest BCUT2D eigenvalue weighted by Gasteiger charge is -2.34. The van der Waals surface area contributed by atoms with Crippen molar-refractivity contribution < 1.29 is 9.59 Å². The Morgan fingerprint density at radius 3 is 2.33 bits per heavy atom. The van der Waals surface area contributed by atoms with E-state index in [4.69, 9.17) is 0 Å². The highest BCUT2D eigenvalue weighted by Crippen LogP contribution is 2.33. The van der Waals surface area contributed by atoms with E-state index in [-0.39, 0.29) is 11.8 Å². The van der Waals surface area contributed by atoms with Gasteiger partial charge in [0.1, 0.15) is 0 Å². The maximum atomic E-state index is 12.4. The molecule has 2 amide bonds. The number of rotatable bonds is 3. The van der Waals surface area contributed by atoms with E-state index >= 15 is 0 Å². The van der Waals surface area contributed by atoms with Crippen molar-refractivity contribution in [1.29, 1.82) is 0 Å². The number of hydrogen-bond donors (Lipinski definition) is 0. The molecular weight excluding hydrogens is 422 g/mol. The van der Waals surface area contributed by atoms with Gasteiger partial charge in [0.15, 0.2) is 0 Å². The lowest BCUT2D eigenvalue weighted by atomic mass is 10.3. The average molecular weight is 439 g/mol. The lowest BCUT2D eigenvalue weighted by Crippen LogP contribution is -2.50. The summed E-state index contributed by atoms with van der Waals surface area (Å²) in [6.07, 6.45) is 0. The summed E-state index contributed by atoms with van der Waals surface area (Å²) in [6, 6.07) is 1.85. The smallest absolute Gasteiger partial charge is 0.264 e. The molecule has 0 radical (unpaired) electrons. The van der Waals surface area contributed by atoms with E-state index in [0.717, 1.165) is 26.2 Å². The molecule has 8 heteroatoms. The Kier molecular flexibility index (Phi) is 5.81. The fraction of sp³-hybridized carbons (Fsp3) is 0.538. The van der Waals surface area contributed by atoms with Crippen LogP contribution in [0.4, 0.5) is 0 Å². The highest BCUT2D eigenvalue weighted by Gasteiger charge is 2.25. The number of carbonyl (C=O) groups excluding carboxylic acids is 2. The third-order valence-corrected chi connectivity index (χ3v) is 6.62. The van der Waals surface area contributed by atoms with Gasteiger partial charge in [-0.3, -0.25) is 14.5 Å².